The first-order chi connectivity index (χ1) is 9.93. The third-order valence-corrected chi connectivity index (χ3v) is 3.69. The lowest BCUT2D eigenvalue weighted by molar-refractivity contribution is -0.145. The van der Waals surface area contributed by atoms with E-state index < -0.39 is 5.54 Å². The van der Waals surface area contributed by atoms with E-state index in [1.165, 1.54) is 0 Å². The summed E-state index contributed by atoms with van der Waals surface area (Å²) in [6.45, 7) is 7.36. The van der Waals surface area contributed by atoms with E-state index in [0.717, 1.165) is 24.3 Å². The first kappa shape index (κ1) is 15.4. The summed E-state index contributed by atoms with van der Waals surface area (Å²) in [6.07, 6.45) is 2.83. The van der Waals surface area contributed by atoms with Crippen LogP contribution >= 0.6 is 0 Å². The Morgan fingerprint density at radius 3 is 2.76 bits per heavy atom. The van der Waals surface area contributed by atoms with E-state index in [9.17, 15) is 9.59 Å². The van der Waals surface area contributed by atoms with Crippen molar-refractivity contribution >= 4 is 17.6 Å². The Hall–Kier alpha value is -1.95. The zero-order valence-corrected chi connectivity index (χ0v) is 12.8. The van der Waals surface area contributed by atoms with Crippen LogP contribution < -0.4 is 10.6 Å². The van der Waals surface area contributed by atoms with Gasteiger partial charge in [0.25, 0.3) is 0 Å². The number of imide groups is 1. The second kappa shape index (κ2) is 6.22. The van der Waals surface area contributed by atoms with E-state index in [0.29, 0.717) is 6.54 Å². The lowest BCUT2D eigenvalue weighted by Gasteiger charge is -2.40. The van der Waals surface area contributed by atoms with E-state index >= 15 is 0 Å². The molecule has 2 amide bonds. The molecule has 2 rings (SSSR count). The molecule has 6 heteroatoms. The van der Waals surface area contributed by atoms with Crippen LogP contribution in [0.5, 0.6) is 0 Å². The minimum Gasteiger partial charge on any atom is -0.370 e. The van der Waals surface area contributed by atoms with Crippen LogP contribution in [0.2, 0.25) is 0 Å². The van der Waals surface area contributed by atoms with Crippen LogP contribution in [0.15, 0.2) is 18.3 Å². The van der Waals surface area contributed by atoms with Crippen LogP contribution in [-0.2, 0) is 16.1 Å². The molecule has 0 bridgehead atoms. The van der Waals surface area contributed by atoms with Gasteiger partial charge in [-0.2, -0.15) is 0 Å². The van der Waals surface area contributed by atoms with Gasteiger partial charge in [0.15, 0.2) is 0 Å². The maximum atomic E-state index is 11.9. The minimum atomic E-state index is -0.701. The van der Waals surface area contributed by atoms with Crippen molar-refractivity contribution in [1.29, 1.82) is 0 Å². The Bertz CT molecular complexity index is 525. The van der Waals surface area contributed by atoms with E-state index in [1.54, 1.807) is 6.20 Å². The number of piperazine rings is 1. The number of carbonyl (C=O) groups excluding carboxylic acids is 2. The monoisotopic (exact) mass is 290 g/mol. The van der Waals surface area contributed by atoms with Crippen LogP contribution in [0.3, 0.4) is 0 Å². The molecule has 0 saturated carbocycles. The minimum absolute atomic E-state index is 0.217. The van der Waals surface area contributed by atoms with Gasteiger partial charge in [-0.05, 0) is 31.9 Å². The van der Waals surface area contributed by atoms with Crippen LogP contribution in [0.1, 0.15) is 32.8 Å². The second-order valence-corrected chi connectivity index (χ2v) is 5.77. The van der Waals surface area contributed by atoms with Crippen LogP contribution in [-0.4, -0.2) is 40.3 Å². The lowest BCUT2D eigenvalue weighted by Crippen LogP contribution is -2.63. The first-order valence-electron chi connectivity index (χ1n) is 7.21. The van der Waals surface area contributed by atoms with E-state index in [4.69, 9.17) is 0 Å². The predicted octanol–water partition coefficient (Wildman–Crippen LogP) is 1.14. The summed E-state index contributed by atoms with van der Waals surface area (Å²) in [5.41, 5.74) is 0.278. The van der Waals surface area contributed by atoms with Gasteiger partial charge < -0.3 is 5.32 Å². The number of hydrogen-bond donors (Lipinski definition) is 2. The van der Waals surface area contributed by atoms with Gasteiger partial charge >= 0.3 is 0 Å². The van der Waals surface area contributed by atoms with Crippen molar-refractivity contribution in [3.63, 3.8) is 0 Å². The number of aromatic nitrogens is 1. The number of hydrogen-bond acceptors (Lipinski definition) is 5. The molecule has 2 N–H and O–H groups in total. The van der Waals surface area contributed by atoms with Gasteiger partial charge in [-0.25, -0.2) is 4.98 Å². The van der Waals surface area contributed by atoms with Gasteiger partial charge in [0, 0.05) is 19.3 Å². The molecule has 1 aliphatic heterocycles. The number of nitrogens with one attached hydrogen (secondary N) is 2. The van der Waals surface area contributed by atoms with Crippen LogP contribution in [0, 0.1) is 0 Å². The quantitative estimate of drug-likeness (QED) is 0.796. The highest BCUT2D eigenvalue weighted by molar-refractivity contribution is 6.02. The summed E-state index contributed by atoms with van der Waals surface area (Å²) in [4.78, 5) is 29.6. The third kappa shape index (κ3) is 3.58. The molecule has 0 aromatic carbocycles. The number of nitrogens with zero attached hydrogens (tertiary/aromatic N) is 2. The number of rotatable bonds is 5. The van der Waals surface area contributed by atoms with Crippen LogP contribution in [0.4, 0.5) is 5.82 Å². The maximum Gasteiger partial charge on any atom is 0.246 e. The topological polar surface area (TPSA) is 74.3 Å². The second-order valence-electron chi connectivity index (χ2n) is 5.77. The Balaban J connectivity index is 2.06. The molecule has 1 aromatic heterocycles. The highest BCUT2D eigenvalue weighted by atomic mass is 16.2. The normalized spacial score (nSPS) is 18.4. The van der Waals surface area contributed by atoms with Gasteiger partial charge in [0.05, 0.1) is 12.1 Å². The molecule has 0 radical (unpaired) electrons. The highest BCUT2D eigenvalue weighted by Gasteiger charge is 2.40. The predicted molar refractivity (Wildman–Crippen MR) is 80.7 cm³/mol. The molecule has 2 heterocycles. The van der Waals surface area contributed by atoms with E-state index in [2.05, 4.69) is 22.5 Å². The molecule has 1 aromatic rings. The van der Waals surface area contributed by atoms with Gasteiger partial charge in [-0.1, -0.05) is 13.0 Å². The molecule has 0 unspecified atom stereocenters. The van der Waals surface area contributed by atoms with Gasteiger partial charge in [0.1, 0.15) is 5.82 Å². The molecule has 1 saturated heterocycles. The summed E-state index contributed by atoms with van der Waals surface area (Å²) in [7, 11) is 0. The Labute approximate surface area is 124 Å². The molecule has 0 atom stereocenters. The largest absolute Gasteiger partial charge is 0.370 e. The van der Waals surface area contributed by atoms with Gasteiger partial charge in [-0.15, -0.1) is 0 Å². The average molecular weight is 290 g/mol. The molecule has 0 aliphatic carbocycles. The van der Waals surface area contributed by atoms with Crippen molar-refractivity contribution in [3.8, 4) is 0 Å². The van der Waals surface area contributed by atoms with Crippen molar-refractivity contribution in [1.82, 2.24) is 15.2 Å². The zero-order valence-electron chi connectivity index (χ0n) is 12.8. The highest BCUT2D eigenvalue weighted by Crippen LogP contribution is 2.21. The van der Waals surface area contributed by atoms with Crippen molar-refractivity contribution in [2.24, 2.45) is 0 Å². The summed E-state index contributed by atoms with van der Waals surface area (Å²) >= 11 is 0. The van der Waals surface area contributed by atoms with Crippen molar-refractivity contribution in [3.05, 3.63) is 23.9 Å². The number of carbonyl (C=O) groups is 2. The summed E-state index contributed by atoms with van der Waals surface area (Å²) < 4.78 is 0. The number of anilines is 1. The van der Waals surface area contributed by atoms with E-state index in [1.807, 2.05) is 30.9 Å². The summed E-state index contributed by atoms with van der Waals surface area (Å²) in [5, 5.41) is 5.59. The number of amides is 2. The smallest absolute Gasteiger partial charge is 0.246 e. The Morgan fingerprint density at radius 1 is 1.38 bits per heavy atom. The molecular weight excluding hydrogens is 268 g/mol. The summed E-state index contributed by atoms with van der Waals surface area (Å²) in [6, 6.07) is 3.89. The standard InChI is InChI=1S/C15H22N4O2/c1-4-7-16-12-6-5-11(8-17-12)9-19-10-13(20)18-14(21)15(19,2)3/h5-6,8H,4,7,9-10H2,1-3H3,(H,16,17)(H,18,20,21). The molecule has 0 spiro atoms. The number of pyridine rings is 1. The SMILES string of the molecule is CCCNc1ccc(CN2CC(=O)NC(=O)C2(C)C)cn1. The fourth-order valence-electron chi connectivity index (χ4n) is 2.18. The molecule has 1 fully saturated rings. The van der Waals surface area contributed by atoms with Crippen LogP contribution in [0.25, 0.3) is 0 Å². The maximum absolute atomic E-state index is 11.9. The Morgan fingerprint density at radius 2 is 2.14 bits per heavy atom. The van der Waals surface area contributed by atoms with Gasteiger partial charge in [-0.3, -0.25) is 19.8 Å². The van der Waals surface area contributed by atoms with Crippen molar-refractivity contribution in [2.45, 2.75) is 39.3 Å². The fourth-order valence-corrected chi connectivity index (χ4v) is 2.18. The van der Waals surface area contributed by atoms with E-state index in [-0.39, 0.29) is 18.4 Å². The zero-order chi connectivity index (χ0) is 15.5. The van der Waals surface area contributed by atoms with Gasteiger partial charge in [0.2, 0.25) is 11.8 Å². The molecule has 21 heavy (non-hydrogen) atoms. The summed E-state index contributed by atoms with van der Waals surface area (Å²) in [5.74, 6) is 0.328. The lowest BCUT2D eigenvalue weighted by atomic mass is 9.98. The molecule has 6 nitrogen and oxygen atoms in total. The average Bonchev–Trinajstić information content (AvgIpc) is 2.44. The third-order valence-electron chi connectivity index (χ3n) is 3.69. The van der Waals surface area contributed by atoms with Crippen molar-refractivity contribution < 1.29 is 9.59 Å². The Kier molecular flexibility index (Phi) is 4.57. The fraction of sp³-hybridized carbons (Fsp3) is 0.533. The molecule has 114 valence electrons. The first-order valence-corrected chi connectivity index (χ1v) is 7.21. The molecule has 1 aliphatic rings. The van der Waals surface area contributed by atoms with Crippen molar-refractivity contribution in [2.75, 3.05) is 18.4 Å². The molecular formula is C15H22N4O2.